The summed E-state index contributed by atoms with van der Waals surface area (Å²) >= 11 is 3.35. The average Bonchev–Trinajstić information content (AvgIpc) is 2.71. The minimum atomic E-state index is 0.140. The van der Waals surface area contributed by atoms with Gasteiger partial charge in [0.2, 0.25) is 0 Å². The van der Waals surface area contributed by atoms with E-state index >= 15 is 0 Å². The predicted octanol–water partition coefficient (Wildman–Crippen LogP) is 3.20. The first-order valence-corrected chi connectivity index (χ1v) is 5.95. The Labute approximate surface area is 97.8 Å². The molecule has 0 saturated carbocycles. The molecule has 0 radical (unpaired) electrons. The van der Waals surface area contributed by atoms with Gasteiger partial charge in [0.15, 0.2) is 5.78 Å². The lowest BCUT2D eigenvalue weighted by atomic mass is 10.0. The third-order valence-corrected chi connectivity index (χ3v) is 3.13. The SMILES string of the molecule is O=C(C[C@@H]1CCCO1)c1ccc(Br)cc1. The lowest BCUT2D eigenvalue weighted by Gasteiger charge is -2.07. The van der Waals surface area contributed by atoms with Gasteiger partial charge in [-0.05, 0) is 25.0 Å². The minimum Gasteiger partial charge on any atom is -0.378 e. The van der Waals surface area contributed by atoms with Crippen LogP contribution in [0.1, 0.15) is 29.6 Å². The largest absolute Gasteiger partial charge is 0.378 e. The van der Waals surface area contributed by atoms with Gasteiger partial charge in [0.05, 0.1) is 6.10 Å². The number of ketones is 1. The van der Waals surface area contributed by atoms with Crippen molar-refractivity contribution >= 4 is 21.7 Å². The molecule has 1 heterocycles. The fourth-order valence-corrected chi connectivity index (χ4v) is 2.03. The zero-order chi connectivity index (χ0) is 10.7. The van der Waals surface area contributed by atoms with E-state index in [1.807, 2.05) is 24.3 Å². The molecule has 1 aliphatic rings. The van der Waals surface area contributed by atoms with Crippen LogP contribution in [-0.4, -0.2) is 18.5 Å². The average molecular weight is 269 g/mol. The third-order valence-electron chi connectivity index (χ3n) is 2.60. The summed E-state index contributed by atoms with van der Waals surface area (Å²) in [6.45, 7) is 0.804. The van der Waals surface area contributed by atoms with Gasteiger partial charge in [0.25, 0.3) is 0 Å². The van der Waals surface area contributed by atoms with Crippen LogP contribution < -0.4 is 0 Å². The van der Waals surface area contributed by atoms with Crippen molar-refractivity contribution in [2.75, 3.05) is 6.61 Å². The number of Topliss-reactive ketones (excluding diaryl/α,β-unsaturated/α-hetero) is 1. The molecule has 2 nitrogen and oxygen atoms in total. The summed E-state index contributed by atoms with van der Waals surface area (Å²) in [6, 6.07) is 7.48. The van der Waals surface area contributed by atoms with Gasteiger partial charge in [-0.15, -0.1) is 0 Å². The molecule has 0 N–H and O–H groups in total. The number of carbonyl (C=O) groups excluding carboxylic acids is 1. The fraction of sp³-hybridized carbons (Fsp3) is 0.417. The molecule has 1 fully saturated rings. The van der Waals surface area contributed by atoms with Crippen molar-refractivity contribution in [2.24, 2.45) is 0 Å². The number of rotatable bonds is 3. The van der Waals surface area contributed by atoms with Gasteiger partial charge in [-0.25, -0.2) is 0 Å². The van der Waals surface area contributed by atoms with Crippen molar-refractivity contribution in [1.82, 2.24) is 0 Å². The molecule has 0 aliphatic carbocycles. The van der Waals surface area contributed by atoms with E-state index in [0.717, 1.165) is 29.5 Å². The Balaban J connectivity index is 1.98. The number of hydrogen-bond donors (Lipinski definition) is 0. The molecule has 0 spiro atoms. The highest BCUT2D eigenvalue weighted by molar-refractivity contribution is 9.10. The standard InChI is InChI=1S/C12H13BrO2/c13-10-5-3-9(4-6-10)12(14)8-11-2-1-7-15-11/h3-6,11H,1-2,7-8H2/t11-/m0/s1. The van der Waals surface area contributed by atoms with Crippen LogP contribution in [0, 0.1) is 0 Å². The zero-order valence-electron chi connectivity index (χ0n) is 8.41. The molecule has 0 aromatic heterocycles. The second kappa shape index (κ2) is 4.90. The maximum absolute atomic E-state index is 11.8. The monoisotopic (exact) mass is 268 g/mol. The third kappa shape index (κ3) is 2.89. The number of carbonyl (C=O) groups is 1. The summed E-state index contributed by atoms with van der Waals surface area (Å²) in [5.74, 6) is 0.175. The Morgan fingerprint density at radius 1 is 1.40 bits per heavy atom. The van der Waals surface area contributed by atoms with Crippen LogP contribution in [0.3, 0.4) is 0 Å². The van der Waals surface area contributed by atoms with Crippen molar-refractivity contribution in [3.63, 3.8) is 0 Å². The van der Waals surface area contributed by atoms with E-state index in [4.69, 9.17) is 4.74 Å². The minimum absolute atomic E-state index is 0.140. The van der Waals surface area contributed by atoms with E-state index in [1.165, 1.54) is 0 Å². The zero-order valence-corrected chi connectivity index (χ0v) is 10.00. The summed E-state index contributed by atoms with van der Waals surface area (Å²) in [6.07, 6.45) is 2.75. The van der Waals surface area contributed by atoms with Crippen LogP contribution in [0.5, 0.6) is 0 Å². The van der Waals surface area contributed by atoms with E-state index < -0.39 is 0 Å². The summed E-state index contributed by atoms with van der Waals surface area (Å²) in [5, 5.41) is 0. The molecule has 1 saturated heterocycles. The summed E-state index contributed by atoms with van der Waals surface area (Å²) < 4.78 is 6.44. The van der Waals surface area contributed by atoms with Crippen molar-refractivity contribution in [3.05, 3.63) is 34.3 Å². The van der Waals surface area contributed by atoms with Gasteiger partial charge < -0.3 is 4.74 Å². The van der Waals surface area contributed by atoms with E-state index in [1.54, 1.807) is 0 Å². The number of hydrogen-bond acceptors (Lipinski definition) is 2. The summed E-state index contributed by atoms with van der Waals surface area (Å²) in [5.41, 5.74) is 0.772. The molecule has 0 bridgehead atoms. The molecular weight excluding hydrogens is 256 g/mol. The second-order valence-electron chi connectivity index (χ2n) is 3.77. The van der Waals surface area contributed by atoms with E-state index in [2.05, 4.69) is 15.9 Å². The van der Waals surface area contributed by atoms with Crippen molar-refractivity contribution in [1.29, 1.82) is 0 Å². The van der Waals surface area contributed by atoms with Crippen molar-refractivity contribution < 1.29 is 9.53 Å². The first-order chi connectivity index (χ1) is 7.25. The van der Waals surface area contributed by atoms with Crippen LogP contribution in [0.4, 0.5) is 0 Å². The van der Waals surface area contributed by atoms with Crippen LogP contribution in [0.15, 0.2) is 28.7 Å². The highest BCUT2D eigenvalue weighted by Gasteiger charge is 2.19. The topological polar surface area (TPSA) is 26.3 Å². The molecule has 2 rings (SSSR count). The molecule has 1 aliphatic heterocycles. The number of benzene rings is 1. The quantitative estimate of drug-likeness (QED) is 0.787. The van der Waals surface area contributed by atoms with Gasteiger partial charge in [-0.1, -0.05) is 28.1 Å². The first-order valence-electron chi connectivity index (χ1n) is 5.16. The molecule has 0 amide bonds. The lowest BCUT2D eigenvalue weighted by Crippen LogP contribution is -2.12. The number of halogens is 1. The maximum atomic E-state index is 11.8. The van der Waals surface area contributed by atoms with Crippen LogP contribution in [-0.2, 0) is 4.74 Å². The molecule has 1 aromatic rings. The summed E-state index contributed by atoms with van der Waals surface area (Å²) in [4.78, 5) is 11.8. The first kappa shape index (κ1) is 10.8. The fourth-order valence-electron chi connectivity index (χ4n) is 1.77. The van der Waals surface area contributed by atoms with Crippen molar-refractivity contribution in [3.8, 4) is 0 Å². The molecule has 3 heteroatoms. The van der Waals surface area contributed by atoms with Gasteiger partial charge in [0, 0.05) is 23.1 Å². The second-order valence-corrected chi connectivity index (χ2v) is 4.68. The van der Waals surface area contributed by atoms with E-state index in [9.17, 15) is 4.79 Å². The Morgan fingerprint density at radius 2 is 2.13 bits per heavy atom. The highest BCUT2D eigenvalue weighted by atomic mass is 79.9. The van der Waals surface area contributed by atoms with Gasteiger partial charge in [-0.2, -0.15) is 0 Å². The number of ether oxygens (including phenoxy) is 1. The van der Waals surface area contributed by atoms with Crippen LogP contribution >= 0.6 is 15.9 Å². The maximum Gasteiger partial charge on any atom is 0.165 e. The molecule has 80 valence electrons. The van der Waals surface area contributed by atoms with Crippen LogP contribution in [0.2, 0.25) is 0 Å². The van der Waals surface area contributed by atoms with Gasteiger partial charge in [-0.3, -0.25) is 4.79 Å². The molecule has 1 aromatic carbocycles. The van der Waals surface area contributed by atoms with Crippen LogP contribution in [0.25, 0.3) is 0 Å². The summed E-state index contributed by atoms with van der Waals surface area (Å²) in [7, 11) is 0. The molecule has 0 unspecified atom stereocenters. The predicted molar refractivity (Wildman–Crippen MR) is 62.1 cm³/mol. The molecular formula is C12H13BrO2. The highest BCUT2D eigenvalue weighted by Crippen LogP contribution is 2.18. The van der Waals surface area contributed by atoms with Crippen molar-refractivity contribution in [2.45, 2.75) is 25.4 Å². The van der Waals surface area contributed by atoms with Gasteiger partial charge >= 0.3 is 0 Å². The Kier molecular flexibility index (Phi) is 3.54. The van der Waals surface area contributed by atoms with Gasteiger partial charge in [0.1, 0.15) is 0 Å². The smallest absolute Gasteiger partial charge is 0.165 e. The Bertz CT molecular complexity index is 339. The van der Waals surface area contributed by atoms with E-state index in [-0.39, 0.29) is 11.9 Å². The Hall–Kier alpha value is -0.670. The Morgan fingerprint density at radius 3 is 2.73 bits per heavy atom. The lowest BCUT2D eigenvalue weighted by molar-refractivity contribution is 0.0775. The normalized spacial score (nSPS) is 20.5. The molecule has 1 atom stereocenters. The van der Waals surface area contributed by atoms with E-state index in [0.29, 0.717) is 6.42 Å². The molecule has 15 heavy (non-hydrogen) atoms.